The van der Waals surface area contributed by atoms with Crippen LogP contribution in [0.5, 0.6) is 0 Å². The minimum atomic E-state index is -0.392. The molecule has 0 saturated heterocycles. The minimum Gasteiger partial charge on any atom is -0.394 e. The highest BCUT2D eigenvalue weighted by atomic mass is 16.3. The predicted octanol–water partition coefficient (Wildman–Crippen LogP) is -0.719. The molecule has 88 valence electrons. The quantitative estimate of drug-likeness (QED) is 0.708. The van der Waals surface area contributed by atoms with Gasteiger partial charge in [-0.15, -0.1) is 0 Å². The Morgan fingerprint density at radius 3 is 2.81 bits per heavy atom. The molecule has 0 aliphatic rings. The van der Waals surface area contributed by atoms with Gasteiger partial charge in [0.25, 0.3) is 11.5 Å². The summed E-state index contributed by atoms with van der Waals surface area (Å²) in [6, 6.07) is 2.36. The average Bonchev–Trinajstić information content (AvgIpc) is 2.29. The van der Waals surface area contributed by atoms with E-state index in [-0.39, 0.29) is 23.9 Å². The summed E-state index contributed by atoms with van der Waals surface area (Å²) in [6.45, 7) is 1.74. The third-order valence-electron chi connectivity index (χ3n) is 2.24. The summed E-state index contributed by atoms with van der Waals surface area (Å²) in [6.07, 6.45) is 0.633. The largest absolute Gasteiger partial charge is 0.394 e. The molecule has 0 aliphatic heterocycles. The Morgan fingerprint density at radius 2 is 2.31 bits per heavy atom. The zero-order chi connectivity index (χ0) is 12.1. The second-order valence-corrected chi connectivity index (χ2v) is 3.44. The number of nitrogens with zero attached hydrogens (tertiary/aromatic N) is 2. The van der Waals surface area contributed by atoms with Crippen molar-refractivity contribution in [3.8, 4) is 0 Å². The molecule has 1 amide bonds. The zero-order valence-corrected chi connectivity index (χ0v) is 9.30. The number of amides is 1. The topological polar surface area (TPSA) is 84.2 Å². The summed E-state index contributed by atoms with van der Waals surface area (Å²) in [7, 11) is 1.47. The highest BCUT2D eigenvalue weighted by molar-refractivity contribution is 5.92. The van der Waals surface area contributed by atoms with Crippen molar-refractivity contribution < 1.29 is 9.90 Å². The van der Waals surface area contributed by atoms with Gasteiger partial charge in [0.2, 0.25) is 0 Å². The molecule has 0 unspecified atom stereocenters. The smallest absolute Gasteiger partial charge is 0.272 e. The average molecular weight is 225 g/mol. The molecule has 1 heterocycles. The number of hydrogen-bond donors (Lipinski definition) is 2. The molecule has 1 aromatic rings. The molecule has 1 aromatic heterocycles. The molecule has 1 rings (SSSR count). The monoisotopic (exact) mass is 225 g/mol. The summed E-state index contributed by atoms with van der Waals surface area (Å²) < 4.78 is 1.09. The van der Waals surface area contributed by atoms with Crippen LogP contribution in [0.2, 0.25) is 0 Å². The molecule has 2 N–H and O–H groups in total. The maximum Gasteiger partial charge on any atom is 0.272 e. The highest BCUT2D eigenvalue weighted by Crippen LogP contribution is 1.94. The van der Waals surface area contributed by atoms with Gasteiger partial charge in [-0.25, -0.2) is 4.68 Å². The lowest BCUT2D eigenvalue weighted by molar-refractivity contribution is 0.0907. The van der Waals surface area contributed by atoms with Crippen molar-refractivity contribution in [3.63, 3.8) is 0 Å². The van der Waals surface area contributed by atoms with Gasteiger partial charge in [-0.2, -0.15) is 5.10 Å². The summed E-state index contributed by atoms with van der Waals surface area (Å²) >= 11 is 0. The van der Waals surface area contributed by atoms with E-state index in [0.717, 1.165) is 4.68 Å². The first-order valence-electron chi connectivity index (χ1n) is 5.04. The fourth-order valence-corrected chi connectivity index (χ4v) is 1.16. The van der Waals surface area contributed by atoms with Crippen LogP contribution in [0.3, 0.4) is 0 Å². The first-order chi connectivity index (χ1) is 7.58. The van der Waals surface area contributed by atoms with Crippen LogP contribution in [0.1, 0.15) is 23.8 Å². The van der Waals surface area contributed by atoms with Gasteiger partial charge in [0.1, 0.15) is 5.69 Å². The van der Waals surface area contributed by atoms with Gasteiger partial charge in [0.05, 0.1) is 12.6 Å². The molecule has 0 aliphatic carbocycles. The van der Waals surface area contributed by atoms with Crippen LogP contribution in [0.25, 0.3) is 0 Å². The third kappa shape index (κ3) is 2.90. The van der Waals surface area contributed by atoms with Gasteiger partial charge < -0.3 is 10.4 Å². The van der Waals surface area contributed by atoms with Gasteiger partial charge >= 0.3 is 0 Å². The summed E-state index contributed by atoms with van der Waals surface area (Å²) in [5, 5.41) is 15.3. The van der Waals surface area contributed by atoms with Gasteiger partial charge in [0, 0.05) is 13.1 Å². The molecule has 1 atom stereocenters. The first kappa shape index (κ1) is 12.4. The SMILES string of the molecule is CC[C@H](CO)NC(=O)c1ccc(=O)n(C)n1. The lowest BCUT2D eigenvalue weighted by Gasteiger charge is -2.13. The van der Waals surface area contributed by atoms with Crippen LogP contribution in [0, 0.1) is 0 Å². The van der Waals surface area contributed by atoms with E-state index in [1.165, 1.54) is 19.2 Å². The van der Waals surface area contributed by atoms with Crippen molar-refractivity contribution >= 4 is 5.91 Å². The number of aliphatic hydroxyl groups is 1. The van der Waals surface area contributed by atoms with Crippen LogP contribution in [-0.2, 0) is 7.05 Å². The van der Waals surface area contributed by atoms with E-state index < -0.39 is 5.91 Å². The van der Waals surface area contributed by atoms with Gasteiger partial charge in [-0.3, -0.25) is 9.59 Å². The number of rotatable bonds is 4. The minimum absolute atomic E-state index is 0.117. The molecule has 0 spiro atoms. The van der Waals surface area contributed by atoms with Gasteiger partial charge in [-0.1, -0.05) is 6.92 Å². The predicted molar refractivity (Wildman–Crippen MR) is 58.1 cm³/mol. The summed E-state index contributed by atoms with van der Waals surface area (Å²) in [4.78, 5) is 22.7. The van der Waals surface area contributed by atoms with Crippen molar-refractivity contribution in [2.45, 2.75) is 19.4 Å². The van der Waals surface area contributed by atoms with Crippen LogP contribution in [0.15, 0.2) is 16.9 Å². The molecule has 0 fully saturated rings. The second kappa shape index (κ2) is 5.41. The Morgan fingerprint density at radius 1 is 1.62 bits per heavy atom. The van der Waals surface area contributed by atoms with Gasteiger partial charge in [-0.05, 0) is 12.5 Å². The first-order valence-corrected chi connectivity index (χ1v) is 5.04. The number of carbonyl (C=O) groups excluding carboxylic acids is 1. The Bertz CT molecular complexity index is 424. The molecule has 0 aromatic carbocycles. The molecular formula is C10H15N3O3. The Hall–Kier alpha value is -1.69. The van der Waals surface area contributed by atoms with E-state index in [9.17, 15) is 9.59 Å². The van der Waals surface area contributed by atoms with E-state index in [4.69, 9.17) is 5.11 Å². The number of aliphatic hydroxyl groups excluding tert-OH is 1. The normalized spacial score (nSPS) is 12.2. The number of aromatic nitrogens is 2. The fourth-order valence-electron chi connectivity index (χ4n) is 1.16. The summed E-state index contributed by atoms with van der Waals surface area (Å²) in [5.41, 5.74) is -0.111. The van der Waals surface area contributed by atoms with E-state index >= 15 is 0 Å². The number of aryl methyl sites for hydroxylation is 1. The lowest BCUT2D eigenvalue weighted by atomic mass is 10.2. The van der Waals surface area contributed by atoms with Crippen molar-refractivity contribution in [3.05, 3.63) is 28.2 Å². The third-order valence-corrected chi connectivity index (χ3v) is 2.24. The van der Waals surface area contributed by atoms with Crippen molar-refractivity contribution in [2.24, 2.45) is 7.05 Å². The van der Waals surface area contributed by atoms with Crippen LogP contribution in [0.4, 0.5) is 0 Å². The maximum absolute atomic E-state index is 11.6. The van der Waals surface area contributed by atoms with Crippen molar-refractivity contribution in [1.29, 1.82) is 0 Å². The van der Waals surface area contributed by atoms with E-state index in [0.29, 0.717) is 6.42 Å². The fraction of sp³-hybridized carbons (Fsp3) is 0.500. The molecule has 16 heavy (non-hydrogen) atoms. The van der Waals surface area contributed by atoms with Crippen LogP contribution < -0.4 is 10.9 Å². The summed E-state index contributed by atoms with van der Waals surface area (Å²) in [5.74, 6) is -0.392. The molecule has 0 bridgehead atoms. The number of carbonyl (C=O) groups is 1. The maximum atomic E-state index is 11.6. The van der Waals surface area contributed by atoms with E-state index in [2.05, 4.69) is 10.4 Å². The van der Waals surface area contributed by atoms with E-state index in [1.54, 1.807) is 0 Å². The number of hydrogen-bond acceptors (Lipinski definition) is 4. The molecule has 6 heteroatoms. The van der Waals surface area contributed by atoms with Gasteiger partial charge in [0.15, 0.2) is 0 Å². The van der Waals surface area contributed by atoms with Crippen molar-refractivity contribution in [1.82, 2.24) is 15.1 Å². The highest BCUT2D eigenvalue weighted by Gasteiger charge is 2.12. The van der Waals surface area contributed by atoms with E-state index in [1.807, 2.05) is 6.92 Å². The Labute approximate surface area is 92.9 Å². The molecule has 0 saturated carbocycles. The van der Waals surface area contributed by atoms with Crippen LogP contribution >= 0.6 is 0 Å². The standard InChI is InChI=1S/C10H15N3O3/c1-3-7(6-14)11-10(16)8-4-5-9(15)13(2)12-8/h4-5,7,14H,3,6H2,1-2H3,(H,11,16)/t7-/m1/s1. The molecule has 0 radical (unpaired) electrons. The van der Waals surface area contributed by atoms with Crippen LogP contribution in [-0.4, -0.2) is 33.4 Å². The Balaban J connectivity index is 2.80. The Kier molecular flexibility index (Phi) is 4.19. The molecule has 6 nitrogen and oxygen atoms in total. The number of nitrogens with one attached hydrogen (secondary N) is 1. The lowest BCUT2D eigenvalue weighted by Crippen LogP contribution is -2.38. The zero-order valence-electron chi connectivity index (χ0n) is 9.30. The second-order valence-electron chi connectivity index (χ2n) is 3.44. The van der Waals surface area contributed by atoms with Crippen molar-refractivity contribution in [2.75, 3.05) is 6.61 Å². The molecular weight excluding hydrogens is 210 g/mol.